The van der Waals surface area contributed by atoms with Crippen molar-refractivity contribution in [3.63, 3.8) is 0 Å². The molecule has 6 N–H and O–H groups in total. The minimum absolute atomic E-state index is 0.00294. The van der Waals surface area contributed by atoms with E-state index in [1.807, 2.05) is 0 Å². The first-order valence-corrected chi connectivity index (χ1v) is 6.64. The molecule has 0 heterocycles. The SMILES string of the molecule is CNC(=S)NC(N)=NS(=O)(=O)c1ccc(N)cc1. The number of nitrogens with two attached hydrogens (primary N) is 2. The maximum absolute atomic E-state index is 11.8. The summed E-state index contributed by atoms with van der Waals surface area (Å²) in [5, 5.41) is 5.16. The van der Waals surface area contributed by atoms with Crippen LogP contribution >= 0.6 is 12.2 Å². The molecule has 0 amide bonds. The van der Waals surface area contributed by atoms with Gasteiger partial charge in [-0.2, -0.15) is 8.42 Å². The van der Waals surface area contributed by atoms with E-state index in [0.29, 0.717) is 5.69 Å². The lowest BCUT2D eigenvalue weighted by atomic mass is 10.3. The highest BCUT2D eigenvalue weighted by atomic mass is 32.2. The molecule has 0 atom stereocenters. The van der Waals surface area contributed by atoms with Gasteiger partial charge in [-0.3, -0.25) is 0 Å². The van der Waals surface area contributed by atoms with Gasteiger partial charge in [0, 0.05) is 12.7 Å². The Morgan fingerprint density at radius 2 is 1.89 bits per heavy atom. The number of nitrogens with zero attached hydrogens (tertiary/aromatic N) is 1. The highest BCUT2D eigenvalue weighted by Gasteiger charge is 2.13. The summed E-state index contributed by atoms with van der Waals surface area (Å²) < 4.78 is 27.0. The maximum atomic E-state index is 11.8. The Kier molecular flexibility index (Phi) is 4.45. The van der Waals surface area contributed by atoms with Crippen molar-refractivity contribution in [1.29, 1.82) is 0 Å². The van der Waals surface area contributed by atoms with Crippen LogP contribution in [0, 0.1) is 0 Å². The Bertz CT molecular complexity index is 565. The van der Waals surface area contributed by atoms with Crippen LogP contribution in [-0.2, 0) is 10.0 Å². The lowest BCUT2D eigenvalue weighted by Gasteiger charge is -2.06. The number of hydrogen-bond acceptors (Lipinski definition) is 4. The van der Waals surface area contributed by atoms with Crippen LogP contribution in [0.15, 0.2) is 33.6 Å². The van der Waals surface area contributed by atoms with Gasteiger partial charge in [0.25, 0.3) is 10.0 Å². The minimum atomic E-state index is -3.87. The van der Waals surface area contributed by atoms with Gasteiger partial charge in [-0.15, -0.1) is 4.40 Å². The summed E-state index contributed by atoms with van der Waals surface area (Å²) >= 11 is 4.76. The topological polar surface area (TPSA) is 123 Å². The quantitative estimate of drug-likeness (QED) is 0.247. The van der Waals surface area contributed by atoms with Crippen LogP contribution in [-0.4, -0.2) is 26.5 Å². The van der Waals surface area contributed by atoms with Crippen molar-refractivity contribution in [3.05, 3.63) is 24.3 Å². The Balaban J connectivity index is 2.97. The number of sulfonamides is 1. The zero-order valence-corrected chi connectivity index (χ0v) is 11.2. The molecule has 1 aromatic rings. The highest BCUT2D eigenvalue weighted by Crippen LogP contribution is 2.13. The fourth-order valence-electron chi connectivity index (χ4n) is 1.02. The van der Waals surface area contributed by atoms with Crippen LogP contribution in [0.1, 0.15) is 0 Å². The normalized spacial score (nSPS) is 11.9. The zero-order valence-electron chi connectivity index (χ0n) is 9.54. The standard InChI is InChI=1S/C9H13N5O2S2/c1-12-9(17)13-8(11)14-18(15,16)7-4-2-6(10)3-5-7/h2-5H,10H2,1H3,(H4,11,12,13,14,17). The van der Waals surface area contributed by atoms with Gasteiger partial charge in [0.05, 0.1) is 4.90 Å². The van der Waals surface area contributed by atoms with Crippen LogP contribution in [0.3, 0.4) is 0 Å². The molecule has 0 fully saturated rings. The van der Waals surface area contributed by atoms with E-state index in [0.717, 1.165) is 0 Å². The Morgan fingerprint density at radius 1 is 1.33 bits per heavy atom. The number of rotatable bonds is 2. The molecule has 0 aliphatic heterocycles. The van der Waals surface area contributed by atoms with Crippen molar-refractivity contribution in [2.45, 2.75) is 4.90 Å². The third kappa shape index (κ3) is 3.86. The summed E-state index contributed by atoms with van der Waals surface area (Å²) in [6, 6.07) is 5.62. The molecule has 7 nitrogen and oxygen atoms in total. The van der Waals surface area contributed by atoms with Crippen molar-refractivity contribution in [3.8, 4) is 0 Å². The van der Waals surface area contributed by atoms with Crippen molar-refractivity contribution in [1.82, 2.24) is 10.6 Å². The number of nitrogens with one attached hydrogen (secondary N) is 2. The van der Waals surface area contributed by atoms with Gasteiger partial charge in [0.15, 0.2) is 5.11 Å². The van der Waals surface area contributed by atoms with Crippen LogP contribution in [0.25, 0.3) is 0 Å². The Labute approximate surface area is 110 Å². The van der Waals surface area contributed by atoms with E-state index in [-0.39, 0.29) is 16.0 Å². The number of hydrogen-bond donors (Lipinski definition) is 4. The van der Waals surface area contributed by atoms with Crippen LogP contribution in [0.2, 0.25) is 0 Å². The van der Waals surface area contributed by atoms with E-state index >= 15 is 0 Å². The molecule has 0 aliphatic rings. The molecule has 0 saturated carbocycles. The second kappa shape index (κ2) is 5.65. The van der Waals surface area contributed by atoms with Crippen molar-refractivity contribution >= 4 is 39.0 Å². The summed E-state index contributed by atoms with van der Waals surface area (Å²) in [7, 11) is -2.31. The predicted octanol–water partition coefficient (Wildman–Crippen LogP) is -0.634. The van der Waals surface area contributed by atoms with E-state index in [1.54, 1.807) is 7.05 Å². The van der Waals surface area contributed by atoms with Crippen LogP contribution in [0.4, 0.5) is 5.69 Å². The van der Waals surface area contributed by atoms with Crippen molar-refractivity contribution in [2.75, 3.05) is 12.8 Å². The van der Waals surface area contributed by atoms with Gasteiger partial charge >= 0.3 is 0 Å². The number of nitrogen functional groups attached to an aromatic ring is 1. The van der Waals surface area contributed by atoms with Crippen molar-refractivity contribution in [2.24, 2.45) is 10.1 Å². The molecular formula is C9H13N5O2S2. The molecule has 1 rings (SSSR count). The number of thiocarbonyl (C=S) groups is 1. The van der Waals surface area contributed by atoms with E-state index in [2.05, 4.69) is 15.0 Å². The van der Waals surface area contributed by atoms with E-state index < -0.39 is 10.0 Å². The smallest absolute Gasteiger partial charge is 0.285 e. The average molecular weight is 287 g/mol. The summed E-state index contributed by atoms with van der Waals surface area (Å²) in [6.45, 7) is 0. The second-order valence-corrected chi connectivity index (χ2v) is 5.24. The molecule has 0 aromatic heterocycles. The first kappa shape index (κ1) is 14.2. The van der Waals surface area contributed by atoms with Crippen molar-refractivity contribution < 1.29 is 8.42 Å². The van der Waals surface area contributed by atoms with Crippen LogP contribution < -0.4 is 22.1 Å². The summed E-state index contributed by atoms with van der Waals surface area (Å²) in [6.07, 6.45) is 0. The molecule has 0 spiro atoms. The molecule has 0 bridgehead atoms. The van der Waals surface area contributed by atoms with Gasteiger partial charge in [0.2, 0.25) is 5.96 Å². The van der Waals surface area contributed by atoms with Gasteiger partial charge in [0.1, 0.15) is 0 Å². The second-order valence-electron chi connectivity index (χ2n) is 3.22. The largest absolute Gasteiger partial charge is 0.399 e. The fraction of sp³-hybridized carbons (Fsp3) is 0.111. The highest BCUT2D eigenvalue weighted by molar-refractivity contribution is 7.90. The number of benzene rings is 1. The summed E-state index contributed by atoms with van der Waals surface area (Å²) in [5.74, 6) is -0.314. The zero-order chi connectivity index (χ0) is 13.8. The third-order valence-corrected chi connectivity index (χ3v) is 3.48. The molecule has 0 unspecified atom stereocenters. The monoisotopic (exact) mass is 287 g/mol. The fourth-order valence-corrected chi connectivity index (χ4v) is 2.02. The first-order chi connectivity index (χ1) is 8.35. The average Bonchev–Trinajstić information content (AvgIpc) is 2.28. The lowest BCUT2D eigenvalue weighted by molar-refractivity contribution is 0.598. The molecule has 98 valence electrons. The van der Waals surface area contributed by atoms with E-state index in [1.165, 1.54) is 24.3 Å². The van der Waals surface area contributed by atoms with Gasteiger partial charge < -0.3 is 22.1 Å². The third-order valence-electron chi connectivity index (χ3n) is 1.87. The minimum Gasteiger partial charge on any atom is -0.399 e. The Hall–Kier alpha value is -1.87. The predicted molar refractivity (Wildman–Crippen MR) is 74.5 cm³/mol. The van der Waals surface area contributed by atoms with Gasteiger partial charge in [-0.1, -0.05) is 0 Å². The number of guanidine groups is 1. The molecule has 0 aliphatic carbocycles. The molecular weight excluding hydrogens is 274 g/mol. The molecule has 1 aromatic carbocycles. The van der Waals surface area contributed by atoms with Crippen LogP contribution in [0.5, 0.6) is 0 Å². The first-order valence-electron chi connectivity index (χ1n) is 4.80. The summed E-state index contributed by atoms with van der Waals surface area (Å²) in [5.41, 5.74) is 11.3. The van der Waals surface area contributed by atoms with Gasteiger partial charge in [-0.05, 0) is 36.5 Å². The van der Waals surface area contributed by atoms with E-state index in [4.69, 9.17) is 23.7 Å². The number of anilines is 1. The molecule has 18 heavy (non-hydrogen) atoms. The lowest BCUT2D eigenvalue weighted by Crippen LogP contribution is -2.42. The van der Waals surface area contributed by atoms with Gasteiger partial charge in [-0.25, -0.2) is 0 Å². The molecule has 0 radical (unpaired) electrons. The molecule has 9 heteroatoms. The Morgan fingerprint density at radius 3 is 2.39 bits per heavy atom. The maximum Gasteiger partial charge on any atom is 0.285 e. The summed E-state index contributed by atoms with van der Waals surface area (Å²) in [4.78, 5) is -0.00294. The van der Waals surface area contributed by atoms with E-state index in [9.17, 15) is 8.42 Å². The molecule has 0 saturated heterocycles.